The number of Topliss-reactive ketones (excluding diaryl/α,β-unsaturated/α-hetero) is 2. The minimum Gasteiger partial charge on any atom is -0.294 e. The maximum absolute atomic E-state index is 12.5. The minimum absolute atomic E-state index is 0.0528. The lowest BCUT2D eigenvalue weighted by Crippen LogP contribution is -2.40. The van der Waals surface area contributed by atoms with Crippen LogP contribution in [0, 0.1) is 24.7 Å². The van der Waals surface area contributed by atoms with E-state index in [4.69, 9.17) is 0 Å². The van der Waals surface area contributed by atoms with Gasteiger partial charge in [0.05, 0.1) is 0 Å². The topological polar surface area (TPSA) is 34.1 Å². The molecule has 3 unspecified atom stereocenters. The van der Waals surface area contributed by atoms with E-state index in [-0.39, 0.29) is 23.4 Å². The Morgan fingerprint density at radius 1 is 1.00 bits per heavy atom. The van der Waals surface area contributed by atoms with Crippen molar-refractivity contribution >= 4 is 11.6 Å². The highest BCUT2D eigenvalue weighted by Gasteiger charge is 2.43. The van der Waals surface area contributed by atoms with Gasteiger partial charge in [0.2, 0.25) is 0 Å². The fourth-order valence-corrected chi connectivity index (χ4v) is 3.46. The molecule has 1 aromatic carbocycles. The van der Waals surface area contributed by atoms with Crippen molar-refractivity contribution in [1.82, 2.24) is 0 Å². The summed E-state index contributed by atoms with van der Waals surface area (Å²) in [6.45, 7) is 4.14. The van der Waals surface area contributed by atoms with E-state index in [2.05, 4.69) is 6.92 Å². The standard InChI is InChI=1S/C16H18O2/c1-9-3-5-11-13(7-9)15(17)12-6-4-10(2)8-14(12)16(11)18/h3,5,7,10,12,14H,4,6,8H2,1-2H3. The van der Waals surface area contributed by atoms with Crippen molar-refractivity contribution < 1.29 is 9.59 Å². The Bertz CT molecular complexity index is 530. The Hall–Kier alpha value is -1.44. The van der Waals surface area contributed by atoms with Gasteiger partial charge in [-0.25, -0.2) is 0 Å². The number of fused-ring (bicyclic) bond motifs is 2. The van der Waals surface area contributed by atoms with E-state index in [0.29, 0.717) is 17.0 Å². The predicted molar refractivity (Wildman–Crippen MR) is 69.8 cm³/mol. The van der Waals surface area contributed by atoms with Crippen molar-refractivity contribution in [2.24, 2.45) is 17.8 Å². The molecule has 0 amide bonds. The van der Waals surface area contributed by atoms with Crippen LogP contribution in [0.15, 0.2) is 18.2 Å². The second-order valence-corrected chi connectivity index (χ2v) is 5.91. The van der Waals surface area contributed by atoms with Gasteiger partial charge in [-0.3, -0.25) is 9.59 Å². The number of hydrogen-bond donors (Lipinski definition) is 0. The summed E-state index contributed by atoms with van der Waals surface area (Å²) in [4.78, 5) is 25.0. The van der Waals surface area contributed by atoms with Crippen LogP contribution in [0.25, 0.3) is 0 Å². The van der Waals surface area contributed by atoms with Crippen LogP contribution in [-0.2, 0) is 0 Å². The van der Waals surface area contributed by atoms with E-state index >= 15 is 0 Å². The van der Waals surface area contributed by atoms with Gasteiger partial charge in [0.15, 0.2) is 11.6 Å². The average molecular weight is 242 g/mol. The Balaban J connectivity index is 2.09. The van der Waals surface area contributed by atoms with Crippen molar-refractivity contribution in [2.45, 2.75) is 33.1 Å². The quantitative estimate of drug-likeness (QED) is 0.698. The molecule has 0 N–H and O–H groups in total. The van der Waals surface area contributed by atoms with Crippen LogP contribution in [0.2, 0.25) is 0 Å². The first-order valence-electron chi connectivity index (χ1n) is 6.77. The SMILES string of the molecule is Cc1ccc2c(c1)C(=O)C1CCC(C)CC1C2=O. The first-order chi connectivity index (χ1) is 8.58. The summed E-state index contributed by atoms with van der Waals surface area (Å²) in [7, 11) is 0. The molecule has 2 aliphatic carbocycles. The lowest BCUT2D eigenvalue weighted by Gasteiger charge is -2.36. The molecule has 0 bridgehead atoms. The monoisotopic (exact) mass is 242 g/mol. The average Bonchev–Trinajstić information content (AvgIpc) is 2.36. The van der Waals surface area contributed by atoms with Crippen LogP contribution < -0.4 is 0 Å². The van der Waals surface area contributed by atoms with E-state index in [1.165, 1.54) is 0 Å². The van der Waals surface area contributed by atoms with Crippen molar-refractivity contribution in [1.29, 1.82) is 0 Å². The van der Waals surface area contributed by atoms with Gasteiger partial charge in [-0.2, -0.15) is 0 Å². The van der Waals surface area contributed by atoms with E-state index in [0.717, 1.165) is 24.8 Å². The fourth-order valence-electron chi connectivity index (χ4n) is 3.46. The van der Waals surface area contributed by atoms with Gasteiger partial charge in [0.1, 0.15) is 0 Å². The van der Waals surface area contributed by atoms with Crippen molar-refractivity contribution in [3.05, 3.63) is 34.9 Å². The molecule has 0 aromatic heterocycles. The third-order valence-electron chi connectivity index (χ3n) is 4.49. The molecular weight excluding hydrogens is 224 g/mol. The van der Waals surface area contributed by atoms with Crippen LogP contribution in [0.1, 0.15) is 52.5 Å². The molecule has 0 saturated heterocycles. The molecule has 1 aromatic rings. The molecule has 1 saturated carbocycles. The molecule has 3 atom stereocenters. The highest BCUT2D eigenvalue weighted by molar-refractivity contribution is 6.16. The summed E-state index contributed by atoms with van der Waals surface area (Å²) in [5.41, 5.74) is 2.37. The number of rotatable bonds is 0. The number of ketones is 2. The summed E-state index contributed by atoms with van der Waals surface area (Å²) >= 11 is 0. The Labute approximate surface area is 107 Å². The Morgan fingerprint density at radius 3 is 2.50 bits per heavy atom. The van der Waals surface area contributed by atoms with E-state index in [9.17, 15) is 9.59 Å². The fraction of sp³-hybridized carbons (Fsp3) is 0.500. The van der Waals surface area contributed by atoms with Crippen molar-refractivity contribution in [3.8, 4) is 0 Å². The first-order valence-corrected chi connectivity index (χ1v) is 6.77. The summed E-state index contributed by atoms with van der Waals surface area (Å²) < 4.78 is 0. The van der Waals surface area contributed by atoms with Gasteiger partial charge in [-0.05, 0) is 38.2 Å². The van der Waals surface area contributed by atoms with Gasteiger partial charge in [0.25, 0.3) is 0 Å². The maximum atomic E-state index is 12.5. The molecule has 0 radical (unpaired) electrons. The predicted octanol–water partition coefficient (Wildman–Crippen LogP) is 3.43. The molecule has 3 rings (SSSR count). The van der Waals surface area contributed by atoms with Crippen LogP contribution in [0.4, 0.5) is 0 Å². The molecule has 2 aliphatic rings. The van der Waals surface area contributed by atoms with Crippen molar-refractivity contribution in [3.63, 3.8) is 0 Å². The number of aryl methyl sites for hydroxylation is 1. The lowest BCUT2D eigenvalue weighted by molar-refractivity contribution is 0.0638. The van der Waals surface area contributed by atoms with Crippen LogP contribution in [0.5, 0.6) is 0 Å². The summed E-state index contributed by atoms with van der Waals surface area (Å²) in [6, 6.07) is 5.64. The molecular formula is C16H18O2. The summed E-state index contributed by atoms with van der Waals surface area (Å²) in [6.07, 6.45) is 2.83. The largest absolute Gasteiger partial charge is 0.294 e. The second-order valence-electron chi connectivity index (χ2n) is 5.91. The first kappa shape index (κ1) is 11.6. The van der Waals surface area contributed by atoms with Crippen LogP contribution in [-0.4, -0.2) is 11.6 Å². The van der Waals surface area contributed by atoms with Crippen LogP contribution >= 0.6 is 0 Å². The number of carbonyl (C=O) groups is 2. The Morgan fingerprint density at radius 2 is 1.72 bits per heavy atom. The zero-order valence-electron chi connectivity index (χ0n) is 10.9. The van der Waals surface area contributed by atoms with Gasteiger partial charge in [-0.15, -0.1) is 0 Å². The van der Waals surface area contributed by atoms with E-state index < -0.39 is 0 Å². The Kier molecular flexibility index (Phi) is 2.61. The van der Waals surface area contributed by atoms with Gasteiger partial charge in [-0.1, -0.05) is 24.6 Å². The molecule has 2 nitrogen and oxygen atoms in total. The third-order valence-corrected chi connectivity index (χ3v) is 4.49. The second kappa shape index (κ2) is 4.04. The molecule has 1 fully saturated rings. The summed E-state index contributed by atoms with van der Waals surface area (Å²) in [5, 5.41) is 0. The van der Waals surface area contributed by atoms with Gasteiger partial charge < -0.3 is 0 Å². The molecule has 0 aliphatic heterocycles. The van der Waals surface area contributed by atoms with E-state index in [1.54, 1.807) is 0 Å². The molecule has 18 heavy (non-hydrogen) atoms. The minimum atomic E-state index is -0.0588. The highest BCUT2D eigenvalue weighted by Crippen LogP contribution is 2.41. The number of benzene rings is 1. The van der Waals surface area contributed by atoms with Crippen molar-refractivity contribution in [2.75, 3.05) is 0 Å². The molecule has 94 valence electrons. The molecule has 0 heterocycles. The third kappa shape index (κ3) is 1.63. The zero-order chi connectivity index (χ0) is 12.9. The number of carbonyl (C=O) groups excluding carboxylic acids is 2. The van der Waals surface area contributed by atoms with Gasteiger partial charge in [0, 0.05) is 23.0 Å². The van der Waals surface area contributed by atoms with Crippen LogP contribution in [0.3, 0.4) is 0 Å². The molecule has 2 heteroatoms. The normalized spacial score (nSPS) is 30.9. The maximum Gasteiger partial charge on any atom is 0.167 e. The number of hydrogen-bond acceptors (Lipinski definition) is 2. The van der Waals surface area contributed by atoms with Gasteiger partial charge >= 0.3 is 0 Å². The summed E-state index contributed by atoms with van der Waals surface area (Å²) in [5.74, 6) is 0.848. The highest BCUT2D eigenvalue weighted by atomic mass is 16.1. The zero-order valence-corrected chi connectivity index (χ0v) is 10.9. The smallest absolute Gasteiger partial charge is 0.167 e. The van der Waals surface area contributed by atoms with E-state index in [1.807, 2.05) is 25.1 Å². The molecule has 0 spiro atoms. The lowest BCUT2D eigenvalue weighted by atomic mass is 9.65.